The van der Waals surface area contributed by atoms with Crippen molar-refractivity contribution in [2.75, 3.05) is 7.11 Å². The minimum absolute atomic E-state index is 0.317. The van der Waals surface area contributed by atoms with E-state index in [0.717, 1.165) is 21.5 Å². The Labute approximate surface area is 172 Å². The Bertz CT molecular complexity index is 1260. The number of benzene rings is 3. The summed E-state index contributed by atoms with van der Waals surface area (Å²) in [5.41, 5.74) is 2.53. The third kappa shape index (κ3) is 3.79. The fourth-order valence-electron chi connectivity index (χ4n) is 3.09. The number of aryl methyl sites for hydroxylation is 2. The van der Waals surface area contributed by atoms with Crippen molar-refractivity contribution in [1.82, 2.24) is 4.57 Å². The van der Waals surface area contributed by atoms with Gasteiger partial charge in [0.15, 0.2) is 4.80 Å². The van der Waals surface area contributed by atoms with Crippen molar-refractivity contribution in [2.24, 2.45) is 12.0 Å². The van der Waals surface area contributed by atoms with E-state index in [1.165, 1.54) is 11.3 Å². The molecule has 146 valence electrons. The molecule has 6 heteroatoms. The number of nitrogens with zero attached hydrogens (tertiary/aromatic N) is 2. The quantitative estimate of drug-likeness (QED) is 0.476. The number of amides is 1. The van der Waals surface area contributed by atoms with Crippen LogP contribution in [-0.4, -0.2) is 17.6 Å². The number of aromatic nitrogens is 1. The van der Waals surface area contributed by atoms with E-state index < -0.39 is 0 Å². The molecule has 0 fully saturated rings. The van der Waals surface area contributed by atoms with Crippen molar-refractivity contribution in [1.29, 1.82) is 0 Å². The highest BCUT2D eigenvalue weighted by atomic mass is 32.1. The normalized spacial score (nSPS) is 11.6. The van der Waals surface area contributed by atoms with Crippen LogP contribution in [0.3, 0.4) is 0 Å². The van der Waals surface area contributed by atoms with E-state index in [0.29, 0.717) is 21.9 Å². The zero-order chi connectivity index (χ0) is 20.4. The summed E-state index contributed by atoms with van der Waals surface area (Å²) in [6.45, 7) is 2.04. The van der Waals surface area contributed by atoms with E-state index in [1.807, 2.05) is 67.1 Å². The first-order chi connectivity index (χ1) is 14.1. The van der Waals surface area contributed by atoms with Crippen LogP contribution in [0, 0.1) is 6.92 Å². The number of rotatable bonds is 4. The minimum Gasteiger partial charge on any atom is -0.495 e. The lowest BCUT2D eigenvalue weighted by Gasteiger charge is -2.06. The second-order valence-electron chi connectivity index (χ2n) is 6.57. The van der Waals surface area contributed by atoms with Gasteiger partial charge in [0.05, 0.1) is 11.8 Å². The second kappa shape index (κ2) is 7.93. The summed E-state index contributed by atoms with van der Waals surface area (Å²) in [7, 11) is 3.53. The van der Waals surface area contributed by atoms with Gasteiger partial charge in [0.25, 0.3) is 5.91 Å². The maximum atomic E-state index is 12.8. The van der Waals surface area contributed by atoms with Crippen molar-refractivity contribution < 1.29 is 14.3 Å². The largest absolute Gasteiger partial charge is 0.495 e. The highest BCUT2D eigenvalue weighted by Crippen LogP contribution is 2.29. The molecule has 0 saturated heterocycles. The summed E-state index contributed by atoms with van der Waals surface area (Å²) >= 11 is 1.47. The highest BCUT2D eigenvalue weighted by Gasteiger charge is 2.13. The average molecular weight is 404 g/mol. The predicted octanol–water partition coefficient (Wildman–Crippen LogP) is 5.09. The molecule has 0 atom stereocenters. The van der Waals surface area contributed by atoms with E-state index in [1.54, 1.807) is 25.3 Å². The zero-order valence-electron chi connectivity index (χ0n) is 16.4. The maximum Gasteiger partial charge on any atom is 0.279 e. The molecule has 0 aliphatic heterocycles. The molecular formula is C23H20N2O3S. The standard InChI is InChI=1S/C23H20N2O3S/c1-15-12-13-19(27-3)20-21(15)29-23(25(20)2)24-22(26)16-8-7-11-18(14-16)28-17-9-5-4-6-10-17/h4-14H,1-3H3. The van der Waals surface area contributed by atoms with Crippen molar-refractivity contribution in [3.63, 3.8) is 0 Å². The van der Waals surface area contributed by atoms with Gasteiger partial charge in [-0.05, 0) is 48.9 Å². The van der Waals surface area contributed by atoms with Crippen LogP contribution in [0.15, 0.2) is 71.7 Å². The second-order valence-corrected chi connectivity index (χ2v) is 7.54. The number of fused-ring (bicyclic) bond motifs is 1. The van der Waals surface area contributed by atoms with Gasteiger partial charge in [-0.25, -0.2) is 0 Å². The molecular weight excluding hydrogens is 384 g/mol. The molecule has 0 radical (unpaired) electrons. The fraction of sp³-hybridized carbons (Fsp3) is 0.130. The molecule has 0 saturated carbocycles. The first kappa shape index (κ1) is 19.0. The van der Waals surface area contributed by atoms with E-state index in [9.17, 15) is 4.79 Å². The first-order valence-electron chi connectivity index (χ1n) is 9.12. The number of methoxy groups -OCH3 is 1. The lowest BCUT2D eigenvalue weighted by Crippen LogP contribution is -2.13. The number of hydrogen-bond acceptors (Lipinski definition) is 4. The molecule has 0 spiro atoms. The molecule has 5 nitrogen and oxygen atoms in total. The Balaban J connectivity index is 1.71. The van der Waals surface area contributed by atoms with Gasteiger partial charge in [0.1, 0.15) is 22.8 Å². The Kier molecular flexibility index (Phi) is 5.18. The number of thiazole rings is 1. The summed E-state index contributed by atoms with van der Waals surface area (Å²) in [5, 5.41) is 0. The summed E-state index contributed by atoms with van der Waals surface area (Å²) in [4.78, 5) is 17.8. The van der Waals surface area contributed by atoms with Crippen LogP contribution >= 0.6 is 11.3 Å². The van der Waals surface area contributed by atoms with Gasteiger partial charge in [0.2, 0.25) is 0 Å². The van der Waals surface area contributed by atoms with Gasteiger partial charge < -0.3 is 14.0 Å². The van der Waals surface area contributed by atoms with Crippen LogP contribution < -0.4 is 14.3 Å². The number of carbonyl (C=O) groups excluding carboxylic acids is 1. The van der Waals surface area contributed by atoms with E-state index in [4.69, 9.17) is 9.47 Å². The lowest BCUT2D eigenvalue weighted by atomic mass is 10.2. The maximum absolute atomic E-state index is 12.8. The fourth-order valence-corrected chi connectivity index (χ4v) is 4.19. The Morgan fingerprint density at radius 1 is 1.00 bits per heavy atom. The third-order valence-electron chi connectivity index (χ3n) is 4.58. The van der Waals surface area contributed by atoms with Gasteiger partial charge in [-0.3, -0.25) is 4.79 Å². The molecule has 0 aliphatic rings. The SMILES string of the molecule is COc1ccc(C)c2sc(=NC(=O)c3cccc(Oc4ccccc4)c3)n(C)c12. The van der Waals surface area contributed by atoms with Gasteiger partial charge in [-0.1, -0.05) is 41.7 Å². The molecule has 0 bridgehead atoms. The molecule has 1 heterocycles. The number of para-hydroxylation sites is 1. The molecule has 3 aromatic carbocycles. The van der Waals surface area contributed by atoms with E-state index in [2.05, 4.69) is 4.99 Å². The lowest BCUT2D eigenvalue weighted by molar-refractivity contribution is 0.0997. The van der Waals surface area contributed by atoms with Crippen LogP contribution in [0.2, 0.25) is 0 Å². The Morgan fingerprint density at radius 3 is 2.52 bits per heavy atom. The molecule has 4 rings (SSSR count). The molecule has 1 amide bonds. The summed E-state index contributed by atoms with van der Waals surface area (Å²) < 4.78 is 14.3. The van der Waals surface area contributed by atoms with Crippen LogP contribution in [0.1, 0.15) is 15.9 Å². The summed E-state index contributed by atoms with van der Waals surface area (Å²) in [6.07, 6.45) is 0. The van der Waals surface area contributed by atoms with Crippen LogP contribution in [0.4, 0.5) is 0 Å². The zero-order valence-corrected chi connectivity index (χ0v) is 17.2. The smallest absolute Gasteiger partial charge is 0.279 e. The topological polar surface area (TPSA) is 52.8 Å². The summed E-state index contributed by atoms with van der Waals surface area (Å²) in [5.74, 6) is 1.75. The molecule has 29 heavy (non-hydrogen) atoms. The van der Waals surface area contributed by atoms with E-state index >= 15 is 0 Å². The predicted molar refractivity (Wildman–Crippen MR) is 115 cm³/mol. The van der Waals surface area contributed by atoms with E-state index in [-0.39, 0.29) is 5.91 Å². The molecule has 4 aromatic rings. The Hall–Kier alpha value is -3.38. The summed E-state index contributed by atoms with van der Waals surface area (Å²) in [6, 6.07) is 20.4. The first-order valence-corrected chi connectivity index (χ1v) is 9.93. The highest BCUT2D eigenvalue weighted by molar-refractivity contribution is 7.16. The molecule has 0 unspecified atom stereocenters. The monoisotopic (exact) mass is 404 g/mol. The van der Waals surface area contributed by atoms with Crippen molar-refractivity contribution >= 4 is 27.5 Å². The number of ether oxygens (including phenoxy) is 2. The average Bonchev–Trinajstić information content (AvgIpc) is 3.07. The third-order valence-corrected chi connectivity index (χ3v) is 5.85. The van der Waals surface area contributed by atoms with Gasteiger partial charge in [-0.2, -0.15) is 4.99 Å². The van der Waals surface area contributed by atoms with Gasteiger partial charge >= 0.3 is 0 Å². The van der Waals surface area contributed by atoms with Gasteiger partial charge in [-0.15, -0.1) is 0 Å². The van der Waals surface area contributed by atoms with Crippen molar-refractivity contribution in [3.05, 3.63) is 82.7 Å². The molecule has 0 aliphatic carbocycles. The van der Waals surface area contributed by atoms with Crippen LogP contribution in [-0.2, 0) is 7.05 Å². The van der Waals surface area contributed by atoms with Crippen LogP contribution in [0.5, 0.6) is 17.2 Å². The molecule has 0 N–H and O–H groups in total. The number of hydrogen-bond donors (Lipinski definition) is 0. The van der Waals surface area contributed by atoms with Crippen molar-refractivity contribution in [3.8, 4) is 17.2 Å². The number of carbonyl (C=O) groups is 1. The van der Waals surface area contributed by atoms with Crippen molar-refractivity contribution in [2.45, 2.75) is 6.92 Å². The Morgan fingerprint density at radius 2 is 1.76 bits per heavy atom. The minimum atomic E-state index is -0.317. The molecule has 1 aromatic heterocycles. The van der Waals surface area contributed by atoms with Crippen LogP contribution in [0.25, 0.3) is 10.2 Å². The van der Waals surface area contributed by atoms with Gasteiger partial charge in [0, 0.05) is 12.6 Å².